The lowest BCUT2D eigenvalue weighted by Crippen LogP contribution is -2.15. The van der Waals surface area contributed by atoms with Crippen LogP contribution in [0.3, 0.4) is 0 Å². The quantitative estimate of drug-likeness (QED) is 0.380. The maximum Gasteiger partial charge on any atom is 0.338 e. The van der Waals surface area contributed by atoms with E-state index in [1.165, 1.54) is 0 Å². The molecular formula is C25H26O4. The second-order valence-electron chi connectivity index (χ2n) is 8.52. The molecule has 29 heavy (non-hydrogen) atoms. The van der Waals surface area contributed by atoms with Crippen LogP contribution in [0.1, 0.15) is 62.1 Å². The Balaban J connectivity index is 2.04. The van der Waals surface area contributed by atoms with Crippen molar-refractivity contribution >= 4 is 22.7 Å². The minimum atomic E-state index is -0.434. The van der Waals surface area contributed by atoms with Gasteiger partial charge in [0.25, 0.3) is 0 Å². The van der Waals surface area contributed by atoms with E-state index in [0.717, 1.165) is 40.3 Å². The van der Waals surface area contributed by atoms with Crippen molar-refractivity contribution in [1.29, 1.82) is 0 Å². The van der Waals surface area contributed by atoms with E-state index in [-0.39, 0.29) is 11.8 Å². The molecule has 2 aliphatic rings. The minimum absolute atomic E-state index is 0.287. The molecule has 0 spiro atoms. The third kappa shape index (κ3) is 2.98. The molecule has 0 amide bonds. The summed E-state index contributed by atoms with van der Waals surface area (Å²) in [4.78, 5) is 24.9. The van der Waals surface area contributed by atoms with E-state index >= 15 is 0 Å². The average Bonchev–Trinajstić information content (AvgIpc) is 3.16. The van der Waals surface area contributed by atoms with E-state index < -0.39 is 11.9 Å². The van der Waals surface area contributed by atoms with Crippen LogP contribution in [0.15, 0.2) is 42.5 Å². The molecule has 2 aromatic rings. The van der Waals surface area contributed by atoms with Crippen molar-refractivity contribution < 1.29 is 19.1 Å². The number of rotatable bonds is 4. The topological polar surface area (TPSA) is 52.6 Å². The van der Waals surface area contributed by atoms with Gasteiger partial charge in [0.1, 0.15) is 11.5 Å². The number of hydrogen-bond donors (Lipinski definition) is 0. The van der Waals surface area contributed by atoms with Gasteiger partial charge in [-0.1, -0.05) is 37.8 Å². The number of hydrogen-bond acceptors (Lipinski definition) is 4. The first-order chi connectivity index (χ1) is 13.7. The van der Waals surface area contributed by atoms with E-state index in [9.17, 15) is 9.59 Å². The summed E-state index contributed by atoms with van der Waals surface area (Å²) >= 11 is 0. The predicted molar refractivity (Wildman–Crippen MR) is 113 cm³/mol. The molecule has 4 heteroatoms. The number of benzene rings is 2. The smallest absolute Gasteiger partial charge is 0.338 e. The zero-order valence-electron chi connectivity index (χ0n) is 17.4. The molecule has 0 aliphatic heterocycles. The summed E-state index contributed by atoms with van der Waals surface area (Å²) in [6.07, 6.45) is 2.09. The van der Waals surface area contributed by atoms with Crippen LogP contribution in [0.5, 0.6) is 11.5 Å². The largest absolute Gasteiger partial charge is 0.422 e. The van der Waals surface area contributed by atoms with Crippen LogP contribution in [-0.2, 0) is 9.59 Å². The monoisotopic (exact) mass is 390 g/mol. The Bertz CT molecular complexity index is 1090. The van der Waals surface area contributed by atoms with Gasteiger partial charge in [-0.15, -0.1) is 0 Å². The van der Waals surface area contributed by atoms with Crippen molar-refractivity contribution in [3.8, 4) is 11.5 Å². The Kier molecular flexibility index (Phi) is 4.60. The first kappa shape index (κ1) is 19.4. The van der Waals surface area contributed by atoms with E-state index in [0.29, 0.717) is 28.6 Å². The first-order valence-corrected chi connectivity index (χ1v) is 10.1. The first-order valence-electron chi connectivity index (χ1n) is 10.1. The Morgan fingerprint density at radius 2 is 1.38 bits per heavy atom. The van der Waals surface area contributed by atoms with Crippen molar-refractivity contribution in [2.45, 2.75) is 52.4 Å². The van der Waals surface area contributed by atoms with Crippen molar-refractivity contribution in [2.75, 3.05) is 0 Å². The zero-order chi connectivity index (χ0) is 21.0. The average molecular weight is 390 g/mol. The van der Waals surface area contributed by atoms with Crippen molar-refractivity contribution in [1.82, 2.24) is 0 Å². The third-order valence-corrected chi connectivity index (χ3v) is 6.33. The van der Waals surface area contributed by atoms with Crippen LogP contribution in [0.25, 0.3) is 10.8 Å². The van der Waals surface area contributed by atoms with Crippen LogP contribution in [0.4, 0.5) is 0 Å². The Morgan fingerprint density at radius 1 is 0.897 bits per heavy atom. The van der Waals surface area contributed by atoms with Crippen molar-refractivity contribution in [2.24, 2.45) is 5.92 Å². The van der Waals surface area contributed by atoms with E-state index in [1.807, 2.05) is 25.1 Å². The van der Waals surface area contributed by atoms with Crippen LogP contribution >= 0.6 is 0 Å². The Labute approximate surface area is 171 Å². The van der Waals surface area contributed by atoms with Crippen LogP contribution < -0.4 is 9.47 Å². The molecule has 4 rings (SSSR count). The lowest BCUT2D eigenvalue weighted by molar-refractivity contribution is -0.131. The Hall–Kier alpha value is -2.88. The van der Waals surface area contributed by atoms with Crippen LogP contribution in [-0.4, -0.2) is 11.9 Å². The molecule has 1 saturated carbocycles. The fourth-order valence-electron chi connectivity index (χ4n) is 4.87. The van der Waals surface area contributed by atoms with Crippen molar-refractivity contribution in [3.63, 3.8) is 0 Å². The number of fused-ring (bicyclic) bond motifs is 6. The summed E-state index contributed by atoms with van der Waals surface area (Å²) in [6, 6.07) is 5.92. The lowest BCUT2D eigenvalue weighted by atomic mass is 9.86. The van der Waals surface area contributed by atoms with Crippen molar-refractivity contribution in [3.05, 3.63) is 59.2 Å². The number of ether oxygens (including phenoxy) is 2. The molecular weight excluding hydrogens is 364 g/mol. The molecule has 0 radical (unpaired) electrons. The SMILES string of the molecule is C=C(C)C(=O)Oc1c2c(c(OC(=O)C(=C)C)c3cc(C)ccc13)C1CCC2C1C. The molecule has 0 saturated heterocycles. The van der Waals surface area contributed by atoms with Gasteiger partial charge in [-0.05, 0) is 57.4 Å². The molecule has 0 N–H and O–H groups in total. The van der Waals surface area contributed by atoms with Gasteiger partial charge in [0.05, 0.1) is 0 Å². The molecule has 150 valence electrons. The van der Waals surface area contributed by atoms with Gasteiger partial charge >= 0.3 is 11.9 Å². The normalized spacial score (nSPS) is 21.7. The van der Waals surface area contributed by atoms with Crippen LogP contribution in [0, 0.1) is 12.8 Å². The third-order valence-electron chi connectivity index (χ3n) is 6.33. The number of carbonyl (C=O) groups excluding carboxylic acids is 2. The molecule has 2 aliphatic carbocycles. The summed E-state index contributed by atoms with van der Waals surface area (Å²) in [5, 5.41) is 1.58. The maximum absolute atomic E-state index is 12.5. The fraction of sp³-hybridized carbons (Fsp3) is 0.360. The molecule has 3 unspecified atom stereocenters. The van der Waals surface area contributed by atoms with Gasteiger partial charge in [0.2, 0.25) is 0 Å². The summed E-state index contributed by atoms with van der Waals surface area (Å²) in [7, 11) is 0. The summed E-state index contributed by atoms with van der Waals surface area (Å²) in [5.74, 6) is 1.31. The molecule has 0 heterocycles. The van der Waals surface area contributed by atoms with E-state index in [2.05, 4.69) is 20.1 Å². The molecule has 2 bridgehead atoms. The minimum Gasteiger partial charge on any atom is -0.422 e. The number of carbonyl (C=O) groups is 2. The fourth-order valence-corrected chi connectivity index (χ4v) is 4.87. The van der Waals surface area contributed by atoms with Gasteiger partial charge in [-0.3, -0.25) is 0 Å². The number of esters is 2. The molecule has 1 fully saturated rings. The Morgan fingerprint density at radius 3 is 1.86 bits per heavy atom. The van der Waals surface area contributed by atoms with Gasteiger partial charge < -0.3 is 9.47 Å². The standard InChI is InChI=1S/C25H26O4/c1-12(2)24(26)28-22-18-8-7-14(5)11-19(18)23(29-25(27)13(3)4)21-17-10-9-16(15(17)6)20(21)22/h7-8,11,15-17H,1,3,9-10H2,2,4-6H3. The second-order valence-corrected chi connectivity index (χ2v) is 8.52. The predicted octanol–water partition coefficient (Wildman–Crippen LogP) is 5.72. The summed E-state index contributed by atoms with van der Waals surface area (Å²) in [6.45, 7) is 15.0. The summed E-state index contributed by atoms with van der Waals surface area (Å²) in [5.41, 5.74) is 3.79. The van der Waals surface area contributed by atoms with Gasteiger partial charge in [0.15, 0.2) is 0 Å². The number of aryl methyl sites for hydroxylation is 1. The van der Waals surface area contributed by atoms with Crippen LogP contribution in [0.2, 0.25) is 0 Å². The zero-order valence-corrected chi connectivity index (χ0v) is 17.4. The molecule has 0 aromatic heterocycles. The highest BCUT2D eigenvalue weighted by Gasteiger charge is 2.48. The van der Waals surface area contributed by atoms with Gasteiger partial charge in [-0.2, -0.15) is 0 Å². The van der Waals surface area contributed by atoms with Gasteiger partial charge in [0, 0.05) is 33.0 Å². The van der Waals surface area contributed by atoms with E-state index in [1.54, 1.807) is 13.8 Å². The summed E-state index contributed by atoms with van der Waals surface area (Å²) < 4.78 is 11.8. The molecule has 4 nitrogen and oxygen atoms in total. The highest BCUT2D eigenvalue weighted by atomic mass is 16.5. The van der Waals surface area contributed by atoms with E-state index in [4.69, 9.17) is 9.47 Å². The second kappa shape index (κ2) is 6.87. The maximum atomic E-state index is 12.5. The molecule has 3 atom stereocenters. The highest BCUT2D eigenvalue weighted by molar-refractivity contribution is 6.02. The lowest BCUT2D eigenvalue weighted by Gasteiger charge is -2.24. The highest BCUT2D eigenvalue weighted by Crippen LogP contribution is 2.63. The van der Waals surface area contributed by atoms with Gasteiger partial charge in [-0.25, -0.2) is 9.59 Å². The molecule has 2 aromatic carbocycles.